The lowest BCUT2D eigenvalue weighted by molar-refractivity contribution is 0.243. The predicted molar refractivity (Wildman–Crippen MR) is 104 cm³/mol. The molecule has 0 bridgehead atoms. The molecule has 5 nitrogen and oxygen atoms in total. The molecule has 0 spiro atoms. The van der Waals surface area contributed by atoms with E-state index >= 15 is 0 Å². The van der Waals surface area contributed by atoms with Crippen LogP contribution < -0.4 is 10.1 Å². The topological polar surface area (TPSA) is 52.0 Å². The normalized spacial score (nSPS) is 11.6. The molecular weight excluding hydrogens is 351 g/mol. The third kappa shape index (κ3) is 2.88. The van der Waals surface area contributed by atoms with Crippen molar-refractivity contribution >= 4 is 43.4 Å². The van der Waals surface area contributed by atoms with Gasteiger partial charge in [-0.25, -0.2) is 14.4 Å². The van der Waals surface area contributed by atoms with Crippen LogP contribution >= 0.6 is 11.3 Å². The summed E-state index contributed by atoms with van der Waals surface area (Å²) in [5, 5.41) is 3.90. The number of aromatic nitrogens is 3. The number of hydrogen-bond acceptors (Lipinski definition) is 5. The molecule has 0 saturated heterocycles. The van der Waals surface area contributed by atoms with Crippen LogP contribution in [0.15, 0.2) is 30.3 Å². The molecule has 2 aromatic heterocycles. The monoisotopic (exact) mass is 370 g/mol. The number of aryl methyl sites for hydroxylation is 2. The minimum Gasteiger partial charge on any atom is -0.489 e. The lowest BCUT2D eigenvalue weighted by Gasteiger charge is -2.14. The Morgan fingerprint density at radius 2 is 2.00 bits per heavy atom. The van der Waals surface area contributed by atoms with Crippen LogP contribution in [0.1, 0.15) is 19.7 Å². The van der Waals surface area contributed by atoms with Crippen LogP contribution in [0.5, 0.6) is 5.75 Å². The lowest BCUT2D eigenvalue weighted by atomic mass is 10.2. The maximum Gasteiger partial charge on any atom is 0.188 e. The molecule has 0 unspecified atom stereocenters. The van der Waals surface area contributed by atoms with Crippen molar-refractivity contribution in [2.24, 2.45) is 7.05 Å². The smallest absolute Gasteiger partial charge is 0.188 e. The fourth-order valence-electron chi connectivity index (χ4n) is 2.93. The largest absolute Gasteiger partial charge is 0.489 e. The average Bonchev–Trinajstić information content (AvgIpc) is 3.10. The molecule has 2 heterocycles. The van der Waals surface area contributed by atoms with Gasteiger partial charge in [0.2, 0.25) is 0 Å². The first-order chi connectivity index (χ1) is 12.4. The maximum atomic E-state index is 13.7. The van der Waals surface area contributed by atoms with E-state index in [4.69, 9.17) is 9.72 Å². The van der Waals surface area contributed by atoms with Gasteiger partial charge < -0.3 is 14.6 Å². The molecule has 7 heteroatoms. The summed E-state index contributed by atoms with van der Waals surface area (Å²) in [6.45, 7) is 5.85. The van der Waals surface area contributed by atoms with E-state index in [2.05, 4.69) is 10.3 Å². The molecule has 0 aliphatic rings. The van der Waals surface area contributed by atoms with Gasteiger partial charge >= 0.3 is 0 Å². The van der Waals surface area contributed by atoms with Crippen molar-refractivity contribution in [3.05, 3.63) is 42.0 Å². The molecule has 2 aromatic carbocycles. The Balaban J connectivity index is 1.79. The van der Waals surface area contributed by atoms with Gasteiger partial charge in [0.15, 0.2) is 5.13 Å². The summed E-state index contributed by atoms with van der Waals surface area (Å²) in [7, 11) is 1.98. The van der Waals surface area contributed by atoms with Crippen molar-refractivity contribution < 1.29 is 9.13 Å². The zero-order chi connectivity index (χ0) is 18.4. The Kier molecular flexibility index (Phi) is 4.03. The molecule has 1 N–H and O–H groups in total. The number of benzene rings is 2. The average molecular weight is 370 g/mol. The highest BCUT2D eigenvalue weighted by molar-refractivity contribution is 7.22. The van der Waals surface area contributed by atoms with Gasteiger partial charge in [-0.2, -0.15) is 0 Å². The van der Waals surface area contributed by atoms with Crippen molar-refractivity contribution in [1.29, 1.82) is 0 Å². The number of halogens is 1. The van der Waals surface area contributed by atoms with Crippen molar-refractivity contribution in [3.63, 3.8) is 0 Å². The molecule has 0 aliphatic heterocycles. The van der Waals surface area contributed by atoms with Gasteiger partial charge in [-0.15, -0.1) is 0 Å². The second-order valence-corrected chi connectivity index (χ2v) is 7.48. The molecule has 134 valence electrons. The van der Waals surface area contributed by atoms with Crippen molar-refractivity contribution in [2.75, 3.05) is 5.32 Å². The number of thiazole rings is 1. The van der Waals surface area contributed by atoms with Crippen LogP contribution in [0.2, 0.25) is 0 Å². The highest BCUT2D eigenvalue weighted by atomic mass is 32.1. The van der Waals surface area contributed by atoms with E-state index in [0.29, 0.717) is 16.6 Å². The van der Waals surface area contributed by atoms with E-state index in [1.807, 2.05) is 44.5 Å². The lowest BCUT2D eigenvalue weighted by Crippen LogP contribution is -2.07. The van der Waals surface area contributed by atoms with Gasteiger partial charge in [0.1, 0.15) is 22.9 Å². The number of nitrogens with zero attached hydrogens (tertiary/aromatic N) is 3. The number of rotatable bonds is 4. The minimum atomic E-state index is -0.325. The molecule has 0 aliphatic carbocycles. The van der Waals surface area contributed by atoms with Crippen LogP contribution in [-0.4, -0.2) is 20.6 Å². The fourth-order valence-corrected chi connectivity index (χ4v) is 3.81. The number of nitrogens with one attached hydrogen (secondary N) is 1. The molecule has 0 saturated carbocycles. The molecule has 4 aromatic rings. The summed E-state index contributed by atoms with van der Waals surface area (Å²) in [4.78, 5) is 9.28. The van der Waals surface area contributed by atoms with Crippen LogP contribution in [0.3, 0.4) is 0 Å². The zero-order valence-corrected chi connectivity index (χ0v) is 15.8. The van der Waals surface area contributed by atoms with Crippen LogP contribution in [-0.2, 0) is 7.05 Å². The van der Waals surface area contributed by atoms with E-state index in [-0.39, 0.29) is 11.9 Å². The van der Waals surface area contributed by atoms with Gasteiger partial charge in [-0.05, 0) is 45.0 Å². The summed E-state index contributed by atoms with van der Waals surface area (Å²) in [5.41, 5.74) is 3.38. The Morgan fingerprint density at radius 3 is 2.77 bits per heavy atom. The van der Waals surface area contributed by atoms with Crippen molar-refractivity contribution in [2.45, 2.75) is 26.9 Å². The predicted octanol–water partition coefficient (Wildman–Crippen LogP) is 5.16. The number of hydrogen-bond donors (Lipinski definition) is 1. The third-order valence-electron chi connectivity index (χ3n) is 4.16. The van der Waals surface area contributed by atoms with E-state index in [1.165, 1.54) is 23.5 Å². The first-order valence-electron chi connectivity index (χ1n) is 8.38. The van der Waals surface area contributed by atoms with Gasteiger partial charge in [-0.1, -0.05) is 11.3 Å². The van der Waals surface area contributed by atoms with Crippen LogP contribution in [0.4, 0.5) is 15.2 Å². The molecule has 0 amide bonds. The number of anilines is 2. The van der Waals surface area contributed by atoms with E-state index in [1.54, 1.807) is 6.07 Å². The molecule has 4 rings (SSSR count). The standard InChI is InChI=1S/C19H19FN4OS/c1-10(2)25-15-7-5-12(20)9-14(15)22-19-23-17-16(26-19)8-6-13-18(17)24(4)11(3)21-13/h5-10H,1-4H3,(H,22,23). The molecular formula is C19H19FN4OS. The minimum absolute atomic E-state index is 0.00609. The quantitative estimate of drug-likeness (QED) is 0.539. The van der Waals surface area contributed by atoms with E-state index < -0.39 is 0 Å². The number of ether oxygens (including phenoxy) is 1. The first-order valence-corrected chi connectivity index (χ1v) is 9.20. The molecule has 0 fully saturated rings. The van der Waals surface area contributed by atoms with Gasteiger partial charge in [0, 0.05) is 13.1 Å². The second-order valence-electron chi connectivity index (χ2n) is 6.45. The van der Waals surface area contributed by atoms with Crippen molar-refractivity contribution in [1.82, 2.24) is 14.5 Å². The second kappa shape index (κ2) is 6.25. The van der Waals surface area contributed by atoms with E-state index in [0.717, 1.165) is 27.1 Å². The molecule has 0 atom stereocenters. The summed E-state index contributed by atoms with van der Waals surface area (Å²) >= 11 is 1.52. The summed E-state index contributed by atoms with van der Waals surface area (Å²) in [6, 6.07) is 8.47. The zero-order valence-electron chi connectivity index (χ0n) is 15.0. The van der Waals surface area contributed by atoms with Crippen molar-refractivity contribution in [3.8, 4) is 5.75 Å². The molecule has 0 radical (unpaired) electrons. The Labute approximate surface area is 154 Å². The SMILES string of the molecule is Cc1nc2ccc3sc(Nc4cc(F)ccc4OC(C)C)nc3c2n1C. The third-order valence-corrected chi connectivity index (χ3v) is 5.10. The first kappa shape index (κ1) is 16.8. The maximum absolute atomic E-state index is 13.7. The highest BCUT2D eigenvalue weighted by Crippen LogP contribution is 2.35. The Bertz CT molecular complexity index is 1120. The fraction of sp³-hybridized carbons (Fsp3) is 0.263. The van der Waals surface area contributed by atoms with Gasteiger partial charge in [-0.3, -0.25) is 0 Å². The summed E-state index contributed by atoms with van der Waals surface area (Å²) in [5.74, 6) is 1.21. The Hall–Kier alpha value is -2.67. The van der Waals surface area contributed by atoms with Crippen LogP contribution in [0, 0.1) is 12.7 Å². The Morgan fingerprint density at radius 1 is 1.19 bits per heavy atom. The van der Waals surface area contributed by atoms with Crippen LogP contribution in [0.25, 0.3) is 21.3 Å². The number of imidazole rings is 1. The van der Waals surface area contributed by atoms with Gasteiger partial charge in [0.25, 0.3) is 0 Å². The summed E-state index contributed by atoms with van der Waals surface area (Å²) < 4.78 is 22.6. The number of fused-ring (bicyclic) bond motifs is 3. The van der Waals surface area contributed by atoms with Gasteiger partial charge in [0.05, 0.1) is 27.5 Å². The molecule has 26 heavy (non-hydrogen) atoms. The highest BCUT2D eigenvalue weighted by Gasteiger charge is 2.15. The summed E-state index contributed by atoms with van der Waals surface area (Å²) in [6.07, 6.45) is -0.00609. The van der Waals surface area contributed by atoms with E-state index in [9.17, 15) is 4.39 Å².